The minimum absolute atomic E-state index is 0.556. The lowest BCUT2D eigenvalue weighted by atomic mass is 10.6. The molecule has 0 aromatic carbocycles. The Morgan fingerprint density at radius 1 is 1.33 bits per heavy atom. The molecule has 1 aromatic heterocycles. The maximum absolute atomic E-state index is 4.91. The number of hydrogen-bond acceptors (Lipinski definition) is 5. The second kappa shape index (κ2) is 3.87. The van der Waals surface area contributed by atoms with E-state index in [0.717, 1.165) is 0 Å². The van der Waals surface area contributed by atoms with Crippen molar-refractivity contribution in [1.29, 1.82) is 0 Å². The van der Waals surface area contributed by atoms with Crippen LogP contribution in [0.3, 0.4) is 0 Å². The van der Waals surface area contributed by atoms with Gasteiger partial charge in [-0.15, -0.1) is 0 Å². The van der Waals surface area contributed by atoms with E-state index in [9.17, 15) is 0 Å². The predicted molar refractivity (Wildman–Crippen MR) is 45.9 cm³/mol. The van der Waals surface area contributed by atoms with Crippen molar-refractivity contribution in [3.8, 4) is 5.75 Å². The standard InChI is InChI=1S/C7H12N4O/c1-11(2)10-7-8-4-6(12-3)5-9-7/h4-5H,1-3H3,(H,8,9,10). The molecule has 12 heavy (non-hydrogen) atoms. The summed E-state index contributed by atoms with van der Waals surface area (Å²) in [6.45, 7) is 0. The fourth-order valence-corrected chi connectivity index (χ4v) is 0.679. The fraction of sp³-hybridized carbons (Fsp3) is 0.429. The molecule has 0 amide bonds. The molecule has 0 fully saturated rings. The van der Waals surface area contributed by atoms with E-state index in [2.05, 4.69) is 15.4 Å². The highest BCUT2D eigenvalue weighted by atomic mass is 16.5. The van der Waals surface area contributed by atoms with Crippen molar-refractivity contribution < 1.29 is 4.74 Å². The van der Waals surface area contributed by atoms with Gasteiger partial charge in [0.15, 0.2) is 5.75 Å². The molecule has 0 atom stereocenters. The molecule has 0 unspecified atom stereocenters. The number of hydrazine groups is 1. The first kappa shape index (κ1) is 8.73. The summed E-state index contributed by atoms with van der Waals surface area (Å²) < 4.78 is 4.91. The zero-order valence-electron chi connectivity index (χ0n) is 7.40. The average Bonchev–Trinajstić information content (AvgIpc) is 2.05. The van der Waals surface area contributed by atoms with Crippen LogP contribution < -0.4 is 10.2 Å². The van der Waals surface area contributed by atoms with Crippen molar-refractivity contribution in [2.24, 2.45) is 0 Å². The first-order valence-electron chi connectivity index (χ1n) is 3.52. The number of methoxy groups -OCH3 is 1. The summed E-state index contributed by atoms with van der Waals surface area (Å²) in [6.07, 6.45) is 3.22. The van der Waals surface area contributed by atoms with Gasteiger partial charge < -0.3 is 4.74 Å². The second-order valence-electron chi connectivity index (χ2n) is 2.45. The van der Waals surface area contributed by atoms with E-state index in [0.29, 0.717) is 11.7 Å². The van der Waals surface area contributed by atoms with Crippen LogP contribution in [0.2, 0.25) is 0 Å². The van der Waals surface area contributed by atoms with E-state index in [4.69, 9.17) is 4.74 Å². The van der Waals surface area contributed by atoms with Crippen LogP contribution in [-0.2, 0) is 0 Å². The molecule has 0 spiro atoms. The highest BCUT2D eigenvalue weighted by Gasteiger charge is 1.96. The molecule has 1 aromatic rings. The lowest BCUT2D eigenvalue weighted by Gasteiger charge is -2.10. The molecule has 0 aliphatic heterocycles. The number of anilines is 1. The van der Waals surface area contributed by atoms with Gasteiger partial charge in [0.25, 0.3) is 0 Å². The lowest BCUT2D eigenvalue weighted by Crippen LogP contribution is -2.21. The fourth-order valence-electron chi connectivity index (χ4n) is 0.679. The van der Waals surface area contributed by atoms with Crippen LogP contribution in [0.1, 0.15) is 0 Å². The van der Waals surface area contributed by atoms with Crippen LogP contribution in [0.15, 0.2) is 12.4 Å². The normalized spacial score (nSPS) is 10.0. The van der Waals surface area contributed by atoms with Crippen LogP contribution in [0.25, 0.3) is 0 Å². The Balaban J connectivity index is 2.65. The summed E-state index contributed by atoms with van der Waals surface area (Å²) in [5.74, 6) is 1.21. The zero-order chi connectivity index (χ0) is 8.97. The Morgan fingerprint density at radius 2 is 1.92 bits per heavy atom. The highest BCUT2D eigenvalue weighted by molar-refractivity contribution is 5.25. The monoisotopic (exact) mass is 168 g/mol. The first-order chi connectivity index (χ1) is 5.72. The molecule has 5 nitrogen and oxygen atoms in total. The molecule has 0 aliphatic carbocycles. The molecule has 0 saturated heterocycles. The summed E-state index contributed by atoms with van der Waals surface area (Å²) in [6, 6.07) is 0. The van der Waals surface area contributed by atoms with E-state index in [-0.39, 0.29) is 0 Å². The van der Waals surface area contributed by atoms with Gasteiger partial charge in [0.05, 0.1) is 19.5 Å². The molecule has 0 bridgehead atoms. The topological polar surface area (TPSA) is 50.3 Å². The average molecular weight is 168 g/mol. The lowest BCUT2D eigenvalue weighted by molar-refractivity contribution is 0.410. The summed E-state index contributed by atoms with van der Waals surface area (Å²) in [7, 11) is 5.32. The van der Waals surface area contributed by atoms with Crippen molar-refractivity contribution in [3.05, 3.63) is 12.4 Å². The molecule has 0 radical (unpaired) electrons. The third-order valence-electron chi connectivity index (χ3n) is 1.19. The zero-order valence-corrected chi connectivity index (χ0v) is 7.40. The number of aromatic nitrogens is 2. The van der Waals surface area contributed by atoms with E-state index in [1.807, 2.05) is 14.1 Å². The highest BCUT2D eigenvalue weighted by Crippen LogP contribution is 2.06. The Labute approximate surface area is 71.4 Å². The van der Waals surface area contributed by atoms with Gasteiger partial charge in [0.1, 0.15) is 0 Å². The van der Waals surface area contributed by atoms with Crippen LogP contribution in [-0.4, -0.2) is 36.2 Å². The van der Waals surface area contributed by atoms with Crippen LogP contribution >= 0.6 is 0 Å². The Kier molecular flexibility index (Phi) is 2.82. The SMILES string of the molecule is COc1cnc(NN(C)C)nc1. The van der Waals surface area contributed by atoms with Crippen molar-refractivity contribution in [1.82, 2.24) is 15.0 Å². The minimum Gasteiger partial charge on any atom is -0.494 e. The Hall–Kier alpha value is -1.36. The van der Waals surface area contributed by atoms with Crippen LogP contribution in [0, 0.1) is 0 Å². The molecule has 66 valence electrons. The van der Waals surface area contributed by atoms with Crippen LogP contribution in [0.4, 0.5) is 5.95 Å². The molecule has 1 rings (SSSR count). The largest absolute Gasteiger partial charge is 0.494 e. The van der Waals surface area contributed by atoms with Gasteiger partial charge >= 0.3 is 0 Å². The van der Waals surface area contributed by atoms with E-state index >= 15 is 0 Å². The van der Waals surface area contributed by atoms with Crippen molar-refractivity contribution >= 4 is 5.95 Å². The summed E-state index contributed by atoms with van der Waals surface area (Å²) >= 11 is 0. The van der Waals surface area contributed by atoms with Gasteiger partial charge in [-0.1, -0.05) is 0 Å². The van der Waals surface area contributed by atoms with E-state index in [1.165, 1.54) is 0 Å². The molecule has 0 aliphatic rings. The third-order valence-corrected chi connectivity index (χ3v) is 1.19. The molecule has 0 saturated carbocycles. The predicted octanol–water partition coefficient (Wildman–Crippen LogP) is 0.374. The van der Waals surface area contributed by atoms with Gasteiger partial charge in [0, 0.05) is 14.1 Å². The molecule has 1 heterocycles. The van der Waals surface area contributed by atoms with Gasteiger partial charge in [-0.3, -0.25) is 5.43 Å². The molecule has 1 N–H and O–H groups in total. The third kappa shape index (κ3) is 2.35. The summed E-state index contributed by atoms with van der Waals surface area (Å²) in [5.41, 5.74) is 2.91. The minimum atomic E-state index is 0.556. The van der Waals surface area contributed by atoms with Gasteiger partial charge in [-0.2, -0.15) is 0 Å². The summed E-state index contributed by atoms with van der Waals surface area (Å²) in [4.78, 5) is 8.00. The van der Waals surface area contributed by atoms with Crippen molar-refractivity contribution in [2.45, 2.75) is 0 Å². The molecule has 5 heteroatoms. The van der Waals surface area contributed by atoms with Gasteiger partial charge in [0.2, 0.25) is 5.95 Å². The van der Waals surface area contributed by atoms with Crippen LogP contribution in [0.5, 0.6) is 5.75 Å². The summed E-state index contributed by atoms with van der Waals surface area (Å²) in [5, 5.41) is 1.77. The molecular weight excluding hydrogens is 156 g/mol. The maximum Gasteiger partial charge on any atom is 0.237 e. The number of nitrogens with one attached hydrogen (secondary N) is 1. The molecular formula is C7H12N4O. The second-order valence-corrected chi connectivity index (χ2v) is 2.45. The number of rotatable bonds is 3. The van der Waals surface area contributed by atoms with E-state index in [1.54, 1.807) is 24.5 Å². The quantitative estimate of drug-likeness (QED) is 0.661. The van der Waals surface area contributed by atoms with Crippen molar-refractivity contribution in [3.63, 3.8) is 0 Å². The number of ether oxygens (including phenoxy) is 1. The first-order valence-corrected chi connectivity index (χ1v) is 3.52. The number of hydrogen-bond donors (Lipinski definition) is 1. The Morgan fingerprint density at radius 3 is 2.33 bits per heavy atom. The maximum atomic E-state index is 4.91. The smallest absolute Gasteiger partial charge is 0.237 e. The van der Waals surface area contributed by atoms with E-state index < -0.39 is 0 Å². The van der Waals surface area contributed by atoms with Crippen molar-refractivity contribution in [2.75, 3.05) is 26.6 Å². The number of nitrogens with zero attached hydrogens (tertiary/aromatic N) is 3. The van der Waals surface area contributed by atoms with Gasteiger partial charge in [-0.25, -0.2) is 15.0 Å². The Bertz CT molecular complexity index is 234. The van der Waals surface area contributed by atoms with Gasteiger partial charge in [-0.05, 0) is 0 Å².